The molecule has 29 heavy (non-hydrogen) atoms. The van der Waals surface area contributed by atoms with Crippen molar-refractivity contribution in [1.82, 2.24) is 15.3 Å². The topological polar surface area (TPSA) is 36.1 Å². The molecule has 3 N–H and O–H groups in total. The van der Waals surface area contributed by atoms with Gasteiger partial charge in [0, 0.05) is 19.6 Å². The van der Waals surface area contributed by atoms with E-state index >= 15 is 0 Å². The Balaban J connectivity index is 4.05. The molecule has 0 aromatic carbocycles. The van der Waals surface area contributed by atoms with Gasteiger partial charge in [0.15, 0.2) is 0 Å². The van der Waals surface area contributed by atoms with Crippen molar-refractivity contribution < 1.29 is 0 Å². The predicted molar refractivity (Wildman–Crippen MR) is 138 cm³/mol. The second-order valence-corrected chi connectivity index (χ2v) is 12.4. The minimum atomic E-state index is -1.82. The molecule has 0 amide bonds. The summed E-state index contributed by atoms with van der Waals surface area (Å²) in [6, 6.07) is 0. The third-order valence-corrected chi connectivity index (χ3v) is 8.76. The van der Waals surface area contributed by atoms with Gasteiger partial charge in [-0.3, -0.25) is 15.3 Å². The Morgan fingerprint density at radius 3 is 0.931 bits per heavy atom. The van der Waals surface area contributed by atoms with Crippen molar-refractivity contribution in [2.45, 2.75) is 136 Å². The zero-order chi connectivity index (χ0) is 21.5. The minimum Gasteiger partial charge on any atom is -0.266 e. The quantitative estimate of drug-likeness (QED) is 0.103. The van der Waals surface area contributed by atoms with Gasteiger partial charge in [0.2, 0.25) is 0 Å². The molecule has 3 nitrogen and oxygen atoms in total. The Morgan fingerprint density at radius 1 is 0.414 bits per heavy atom. The lowest BCUT2D eigenvalue weighted by Crippen LogP contribution is -2.33. The summed E-state index contributed by atoms with van der Waals surface area (Å²) < 4.78 is 0. The number of hydrogen-bond donors (Lipinski definition) is 3. The van der Waals surface area contributed by atoms with Crippen LogP contribution in [0.4, 0.5) is 0 Å². The molecule has 0 saturated carbocycles. The van der Waals surface area contributed by atoms with Crippen molar-refractivity contribution in [2.75, 3.05) is 19.6 Å². The number of nitrogens with one attached hydrogen (secondary N) is 3. The highest BCUT2D eigenvalue weighted by Crippen LogP contribution is 2.31. The van der Waals surface area contributed by atoms with Gasteiger partial charge < -0.3 is 0 Å². The summed E-state index contributed by atoms with van der Waals surface area (Å²) in [7, 11) is 0. The smallest absolute Gasteiger partial charge is 0.137 e. The molecule has 0 atom stereocenters. The van der Waals surface area contributed by atoms with Gasteiger partial charge >= 0.3 is 0 Å². The summed E-state index contributed by atoms with van der Waals surface area (Å²) >= 11 is 6.04. The standard InChI is InChI=1S/C24H54N3PS/c1-4-7-10-13-16-19-22-25-28(29,26-23-20-17-14-11-8-5-2)27-24-21-18-15-12-9-6-3/h4-24H2,1-3H3,(H3,25,26,27,29). The first-order valence-electron chi connectivity index (χ1n) is 13.0. The number of unbranched alkanes of at least 4 members (excludes halogenated alkanes) is 15. The molecule has 0 spiro atoms. The van der Waals surface area contributed by atoms with E-state index in [1.54, 1.807) is 0 Å². The van der Waals surface area contributed by atoms with Gasteiger partial charge in [-0.1, -0.05) is 117 Å². The van der Waals surface area contributed by atoms with E-state index in [0.29, 0.717) is 0 Å². The van der Waals surface area contributed by atoms with Crippen molar-refractivity contribution in [1.29, 1.82) is 0 Å². The van der Waals surface area contributed by atoms with Crippen molar-refractivity contribution in [2.24, 2.45) is 0 Å². The van der Waals surface area contributed by atoms with Crippen LogP contribution in [0.5, 0.6) is 0 Å². The van der Waals surface area contributed by atoms with Crippen LogP contribution in [0.25, 0.3) is 0 Å². The lowest BCUT2D eigenvalue weighted by atomic mass is 10.1. The molecule has 0 aliphatic carbocycles. The highest BCUT2D eigenvalue weighted by Gasteiger charge is 2.14. The Bertz CT molecular complexity index is 314. The highest BCUT2D eigenvalue weighted by molar-refractivity contribution is 8.11. The largest absolute Gasteiger partial charge is 0.266 e. The lowest BCUT2D eigenvalue weighted by molar-refractivity contribution is 0.591. The molecular weight excluding hydrogens is 393 g/mol. The predicted octanol–water partition coefficient (Wildman–Crippen LogP) is 8.06. The molecule has 0 aliphatic heterocycles. The lowest BCUT2D eigenvalue weighted by Gasteiger charge is -2.26. The van der Waals surface area contributed by atoms with Crippen LogP contribution in [0.2, 0.25) is 0 Å². The first kappa shape index (κ1) is 29.5. The fraction of sp³-hybridized carbons (Fsp3) is 1.00. The summed E-state index contributed by atoms with van der Waals surface area (Å²) in [5.41, 5.74) is 0. The van der Waals surface area contributed by atoms with Crippen LogP contribution in [0.15, 0.2) is 0 Å². The van der Waals surface area contributed by atoms with Gasteiger partial charge in [-0.15, -0.1) is 0 Å². The zero-order valence-corrected chi connectivity index (χ0v) is 21.9. The van der Waals surface area contributed by atoms with Crippen molar-refractivity contribution in [3.8, 4) is 0 Å². The molecule has 176 valence electrons. The highest BCUT2D eigenvalue weighted by atomic mass is 32.4. The third-order valence-electron chi connectivity index (χ3n) is 5.59. The Kier molecular flexibility index (Phi) is 23.6. The summed E-state index contributed by atoms with van der Waals surface area (Å²) in [6.45, 7) is 8.18. The monoisotopic (exact) mass is 447 g/mol. The van der Waals surface area contributed by atoms with E-state index in [-0.39, 0.29) is 0 Å². The van der Waals surface area contributed by atoms with Crippen LogP contribution in [0.3, 0.4) is 0 Å². The zero-order valence-electron chi connectivity index (χ0n) is 20.2. The molecule has 0 bridgehead atoms. The number of hydrogen-bond acceptors (Lipinski definition) is 1. The van der Waals surface area contributed by atoms with E-state index in [2.05, 4.69) is 36.0 Å². The van der Waals surface area contributed by atoms with Crippen LogP contribution in [0.1, 0.15) is 136 Å². The fourth-order valence-corrected chi connectivity index (χ4v) is 6.17. The fourth-order valence-electron chi connectivity index (χ4n) is 3.59. The van der Waals surface area contributed by atoms with Gasteiger partial charge in [0.1, 0.15) is 6.49 Å². The molecule has 0 radical (unpaired) electrons. The first-order chi connectivity index (χ1) is 14.2. The van der Waals surface area contributed by atoms with Gasteiger partial charge in [0.05, 0.1) is 0 Å². The molecule has 0 unspecified atom stereocenters. The molecule has 0 aliphatic rings. The van der Waals surface area contributed by atoms with Gasteiger partial charge in [0.25, 0.3) is 0 Å². The van der Waals surface area contributed by atoms with E-state index in [0.717, 1.165) is 19.6 Å². The van der Waals surface area contributed by atoms with Crippen LogP contribution in [-0.4, -0.2) is 19.6 Å². The van der Waals surface area contributed by atoms with Crippen LogP contribution in [0, 0.1) is 0 Å². The molecule has 5 heteroatoms. The van der Waals surface area contributed by atoms with Crippen LogP contribution in [-0.2, 0) is 11.8 Å². The Hall–Kier alpha value is 0.530. The van der Waals surface area contributed by atoms with Crippen LogP contribution < -0.4 is 15.3 Å². The molecule has 0 aromatic rings. The second kappa shape index (κ2) is 23.2. The van der Waals surface area contributed by atoms with E-state index in [1.807, 2.05) is 0 Å². The molecule has 0 rings (SSSR count). The molecule has 0 aromatic heterocycles. The van der Waals surface area contributed by atoms with Gasteiger partial charge in [-0.2, -0.15) is 0 Å². The third kappa shape index (κ3) is 21.5. The van der Waals surface area contributed by atoms with E-state index in [4.69, 9.17) is 11.8 Å². The van der Waals surface area contributed by atoms with Crippen molar-refractivity contribution in [3.05, 3.63) is 0 Å². The Morgan fingerprint density at radius 2 is 0.655 bits per heavy atom. The summed E-state index contributed by atoms with van der Waals surface area (Å²) in [5.74, 6) is 0. The van der Waals surface area contributed by atoms with E-state index < -0.39 is 6.49 Å². The molecular formula is C24H54N3PS. The van der Waals surface area contributed by atoms with Crippen molar-refractivity contribution in [3.63, 3.8) is 0 Å². The summed E-state index contributed by atoms with van der Waals surface area (Å²) in [5, 5.41) is 11.1. The van der Waals surface area contributed by atoms with E-state index in [9.17, 15) is 0 Å². The number of rotatable bonds is 24. The summed E-state index contributed by atoms with van der Waals surface area (Å²) in [4.78, 5) is 0. The minimum absolute atomic E-state index is 1.05. The van der Waals surface area contributed by atoms with Crippen molar-refractivity contribution >= 4 is 18.3 Å². The maximum absolute atomic E-state index is 6.04. The summed E-state index contributed by atoms with van der Waals surface area (Å²) in [6.07, 6.45) is 24.1. The normalized spacial score (nSPS) is 12.0. The van der Waals surface area contributed by atoms with Gasteiger partial charge in [-0.05, 0) is 31.1 Å². The Labute approximate surface area is 189 Å². The second-order valence-electron chi connectivity index (χ2n) is 8.64. The van der Waals surface area contributed by atoms with Gasteiger partial charge in [-0.25, -0.2) is 0 Å². The van der Waals surface area contributed by atoms with E-state index in [1.165, 1.54) is 116 Å². The average Bonchev–Trinajstić information content (AvgIpc) is 2.72. The maximum atomic E-state index is 6.04. The average molecular weight is 448 g/mol. The molecule has 0 fully saturated rings. The maximum Gasteiger partial charge on any atom is 0.137 e. The SMILES string of the molecule is CCCCCCCCNP(=S)(NCCCCCCCC)NCCCCCCCC. The molecule has 0 heterocycles. The first-order valence-corrected chi connectivity index (χ1v) is 15.8. The molecule has 0 saturated heterocycles. The van der Waals surface area contributed by atoms with Crippen LogP contribution >= 0.6 is 6.49 Å².